The standard InChI is InChI=1S/C19H16F2O6/c1-24-16-11-12(4-10-17(22)25-2)3-9-15(16)27-18(23)13-5-7-14(8-6-13)26-19(20)21/h3-11,19H,1-2H3/b10-4+. The molecular formula is C19H16F2O6. The molecule has 0 radical (unpaired) electrons. The van der Waals surface area contributed by atoms with Crippen molar-refractivity contribution in [2.75, 3.05) is 14.2 Å². The van der Waals surface area contributed by atoms with Crippen molar-refractivity contribution in [3.8, 4) is 17.2 Å². The number of esters is 2. The zero-order chi connectivity index (χ0) is 19.8. The lowest BCUT2D eigenvalue weighted by atomic mass is 10.2. The van der Waals surface area contributed by atoms with Crippen LogP contribution in [0.3, 0.4) is 0 Å². The monoisotopic (exact) mass is 378 g/mol. The SMILES string of the molecule is COC(=O)/C=C/c1ccc(OC(=O)c2ccc(OC(F)F)cc2)c(OC)c1. The highest BCUT2D eigenvalue weighted by molar-refractivity contribution is 5.91. The van der Waals surface area contributed by atoms with Crippen molar-refractivity contribution >= 4 is 18.0 Å². The van der Waals surface area contributed by atoms with Gasteiger partial charge in [0.1, 0.15) is 5.75 Å². The minimum atomic E-state index is -2.95. The molecule has 0 aliphatic carbocycles. The second kappa shape index (κ2) is 9.33. The van der Waals surface area contributed by atoms with Gasteiger partial charge >= 0.3 is 18.6 Å². The molecule has 142 valence electrons. The summed E-state index contributed by atoms with van der Waals surface area (Å²) in [5.74, 6) is -0.849. The van der Waals surface area contributed by atoms with Crippen LogP contribution in [-0.4, -0.2) is 32.8 Å². The highest BCUT2D eigenvalue weighted by Crippen LogP contribution is 2.29. The van der Waals surface area contributed by atoms with Crippen LogP contribution in [0, 0.1) is 0 Å². The maximum atomic E-state index is 12.2. The number of benzene rings is 2. The van der Waals surface area contributed by atoms with Crippen molar-refractivity contribution < 1.29 is 37.3 Å². The Kier molecular flexibility index (Phi) is 6.87. The van der Waals surface area contributed by atoms with Crippen molar-refractivity contribution in [2.24, 2.45) is 0 Å². The van der Waals surface area contributed by atoms with Crippen LogP contribution in [0.25, 0.3) is 6.08 Å². The molecule has 0 fully saturated rings. The summed E-state index contributed by atoms with van der Waals surface area (Å²) in [6.07, 6.45) is 2.76. The van der Waals surface area contributed by atoms with Crippen LogP contribution in [0.2, 0.25) is 0 Å². The quantitative estimate of drug-likeness (QED) is 0.416. The number of carbonyl (C=O) groups is 2. The Labute approximate surface area is 153 Å². The first kappa shape index (κ1) is 19.9. The summed E-state index contributed by atoms with van der Waals surface area (Å²) in [5, 5.41) is 0. The molecule has 2 rings (SSSR count). The molecule has 0 aliphatic rings. The molecule has 6 nitrogen and oxygen atoms in total. The van der Waals surface area contributed by atoms with Gasteiger partial charge in [-0.05, 0) is 48.0 Å². The average Bonchev–Trinajstić information content (AvgIpc) is 2.66. The van der Waals surface area contributed by atoms with E-state index in [9.17, 15) is 18.4 Å². The first-order valence-electron chi connectivity index (χ1n) is 7.64. The molecule has 0 unspecified atom stereocenters. The predicted molar refractivity (Wildman–Crippen MR) is 92.1 cm³/mol. The summed E-state index contributed by atoms with van der Waals surface area (Å²) >= 11 is 0. The summed E-state index contributed by atoms with van der Waals surface area (Å²) in [6, 6.07) is 9.77. The highest BCUT2D eigenvalue weighted by Gasteiger charge is 2.13. The molecule has 0 saturated carbocycles. The third-order valence-corrected chi connectivity index (χ3v) is 3.32. The van der Waals surface area contributed by atoms with Gasteiger partial charge in [-0.1, -0.05) is 6.07 Å². The Balaban J connectivity index is 2.12. The van der Waals surface area contributed by atoms with E-state index in [4.69, 9.17) is 9.47 Å². The molecule has 0 amide bonds. The lowest BCUT2D eigenvalue weighted by Crippen LogP contribution is -2.09. The van der Waals surface area contributed by atoms with Gasteiger partial charge in [0.25, 0.3) is 0 Å². The molecule has 0 spiro atoms. The first-order valence-corrected chi connectivity index (χ1v) is 7.64. The highest BCUT2D eigenvalue weighted by atomic mass is 19.3. The minimum Gasteiger partial charge on any atom is -0.493 e. The fourth-order valence-corrected chi connectivity index (χ4v) is 2.04. The van der Waals surface area contributed by atoms with E-state index in [1.54, 1.807) is 12.1 Å². The smallest absolute Gasteiger partial charge is 0.387 e. The van der Waals surface area contributed by atoms with E-state index in [-0.39, 0.29) is 22.8 Å². The van der Waals surface area contributed by atoms with Gasteiger partial charge in [-0.25, -0.2) is 9.59 Å². The summed E-state index contributed by atoms with van der Waals surface area (Å²) in [4.78, 5) is 23.3. The molecule has 0 heterocycles. The van der Waals surface area contributed by atoms with Crippen LogP contribution in [0.15, 0.2) is 48.5 Å². The normalized spacial score (nSPS) is 10.7. The zero-order valence-electron chi connectivity index (χ0n) is 14.5. The number of hydrogen-bond donors (Lipinski definition) is 0. The first-order chi connectivity index (χ1) is 12.9. The molecule has 0 atom stereocenters. The number of rotatable bonds is 7. The van der Waals surface area contributed by atoms with Crippen molar-refractivity contribution in [1.82, 2.24) is 0 Å². The Morgan fingerprint density at radius 2 is 1.70 bits per heavy atom. The summed E-state index contributed by atoms with van der Waals surface area (Å²) < 4.78 is 43.5. The molecule has 0 aliphatic heterocycles. The van der Waals surface area contributed by atoms with E-state index < -0.39 is 18.6 Å². The second-order valence-electron chi connectivity index (χ2n) is 5.06. The Bertz CT molecular complexity index is 831. The fourth-order valence-electron chi connectivity index (χ4n) is 2.04. The van der Waals surface area contributed by atoms with E-state index in [1.165, 1.54) is 56.7 Å². The molecule has 0 aromatic heterocycles. The van der Waals surface area contributed by atoms with Crippen molar-refractivity contribution in [3.05, 3.63) is 59.7 Å². The molecule has 2 aromatic rings. The summed E-state index contributed by atoms with van der Waals surface area (Å²) in [6.45, 7) is -2.95. The molecule has 0 N–H and O–H groups in total. The van der Waals surface area contributed by atoms with Crippen molar-refractivity contribution in [2.45, 2.75) is 6.61 Å². The molecule has 8 heteroatoms. The summed E-state index contributed by atoms with van der Waals surface area (Å²) in [7, 11) is 2.67. The second-order valence-corrected chi connectivity index (χ2v) is 5.06. The van der Waals surface area contributed by atoms with Gasteiger partial charge in [-0.3, -0.25) is 0 Å². The van der Waals surface area contributed by atoms with Gasteiger partial charge in [-0.2, -0.15) is 8.78 Å². The van der Waals surface area contributed by atoms with E-state index in [0.29, 0.717) is 5.56 Å². The number of carbonyl (C=O) groups excluding carboxylic acids is 2. The number of hydrogen-bond acceptors (Lipinski definition) is 6. The third-order valence-electron chi connectivity index (χ3n) is 3.32. The van der Waals surface area contributed by atoms with Crippen LogP contribution in [0.5, 0.6) is 17.2 Å². The molecular weight excluding hydrogens is 362 g/mol. The van der Waals surface area contributed by atoms with Crippen LogP contribution in [0.4, 0.5) is 8.78 Å². The van der Waals surface area contributed by atoms with Crippen molar-refractivity contribution in [1.29, 1.82) is 0 Å². The number of ether oxygens (including phenoxy) is 4. The van der Waals surface area contributed by atoms with E-state index >= 15 is 0 Å². The number of halogens is 2. The van der Waals surface area contributed by atoms with Gasteiger partial charge in [0.05, 0.1) is 19.8 Å². The maximum Gasteiger partial charge on any atom is 0.387 e. The largest absolute Gasteiger partial charge is 0.493 e. The molecule has 27 heavy (non-hydrogen) atoms. The number of alkyl halides is 2. The Morgan fingerprint density at radius 3 is 2.30 bits per heavy atom. The fraction of sp³-hybridized carbons (Fsp3) is 0.158. The lowest BCUT2D eigenvalue weighted by Gasteiger charge is -2.10. The minimum absolute atomic E-state index is 0.0686. The zero-order valence-corrected chi connectivity index (χ0v) is 14.5. The Hall–Kier alpha value is -3.42. The Morgan fingerprint density at radius 1 is 1.00 bits per heavy atom. The van der Waals surface area contributed by atoms with Crippen LogP contribution >= 0.6 is 0 Å². The van der Waals surface area contributed by atoms with Crippen molar-refractivity contribution in [3.63, 3.8) is 0 Å². The van der Waals surface area contributed by atoms with Gasteiger partial charge in [-0.15, -0.1) is 0 Å². The van der Waals surface area contributed by atoms with Crippen LogP contribution in [-0.2, 0) is 9.53 Å². The van der Waals surface area contributed by atoms with Gasteiger partial charge in [0.15, 0.2) is 11.5 Å². The molecule has 2 aromatic carbocycles. The molecule has 0 bridgehead atoms. The van der Waals surface area contributed by atoms with E-state index in [1.807, 2.05) is 0 Å². The predicted octanol–water partition coefficient (Wildman–Crippen LogP) is 3.70. The molecule has 0 saturated heterocycles. The number of methoxy groups -OCH3 is 2. The van der Waals surface area contributed by atoms with E-state index in [2.05, 4.69) is 9.47 Å². The van der Waals surface area contributed by atoms with E-state index in [0.717, 1.165) is 0 Å². The van der Waals surface area contributed by atoms with Gasteiger partial charge < -0.3 is 18.9 Å². The average molecular weight is 378 g/mol. The van der Waals surface area contributed by atoms with Gasteiger partial charge in [0.2, 0.25) is 0 Å². The topological polar surface area (TPSA) is 71.1 Å². The third kappa shape index (κ3) is 5.81. The maximum absolute atomic E-state index is 12.2. The van der Waals surface area contributed by atoms with Crippen LogP contribution in [0.1, 0.15) is 15.9 Å². The van der Waals surface area contributed by atoms with Crippen LogP contribution < -0.4 is 14.2 Å². The summed E-state index contributed by atoms with van der Waals surface area (Å²) in [5.41, 5.74) is 0.777. The van der Waals surface area contributed by atoms with Gasteiger partial charge in [0, 0.05) is 6.08 Å². The lowest BCUT2D eigenvalue weighted by molar-refractivity contribution is -0.134.